The predicted molar refractivity (Wildman–Crippen MR) is 151 cm³/mol. The van der Waals surface area contributed by atoms with Crippen molar-refractivity contribution in [1.82, 2.24) is 0 Å². The highest BCUT2D eigenvalue weighted by atomic mass is 35.5. The Morgan fingerprint density at radius 1 is 0.846 bits per heavy atom. The van der Waals surface area contributed by atoms with Gasteiger partial charge >= 0.3 is 0 Å². The zero-order valence-electron chi connectivity index (χ0n) is 21.4. The minimum atomic E-state index is -0.898. The van der Waals surface area contributed by atoms with Crippen LogP contribution in [0.4, 0.5) is 11.4 Å². The van der Waals surface area contributed by atoms with Crippen LogP contribution in [0.15, 0.2) is 91.0 Å². The molecule has 1 fully saturated rings. The molecule has 5 nitrogen and oxygen atoms in total. The molecule has 0 aromatic heterocycles. The number of nitrogens with one attached hydrogen (secondary N) is 1. The first-order valence-electron chi connectivity index (χ1n) is 13.0. The number of anilines is 2. The summed E-state index contributed by atoms with van der Waals surface area (Å²) in [7, 11) is 0. The van der Waals surface area contributed by atoms with Gasteiger partial charge < -0.3 is 5.32 Å². The minimum Gasteiger partial charge on any atom is -0.322 e. The van der Waals surface area contributed by atoms with Crippen molar-refractivity contribution in [2.24, 2.45) is 11.3 Å². The van der Waals surface area contributed by atoms with Crippen molar-refractivity contribution in [2.45, 2.75) is 25.7 Å². The van der Waals surface area contributed by atoms with Crippen LogP contribution >= 0.6 is 11.6 Å². The number of carbonyl (C=O) groups excluding carboxylic acids is 3. The predicted octanol–water partition coefficient (Wildman–Crippen LogP) is 6.69. The molecule has 3 amide bonds. The Kier molecular flexibility index (Phi) is 5.13. The molecule has 39 heavy (non-hydrogen) atoms. The van der Waals surface area contributed by atoms with Gasteiger partial charge in [-0.3, -0.25) is 14.4 Å². The molecule has 0 spiro atoms. The smallest absolute Gasteiger partial charge is 0.255 e. The zero-order valence-corrected chi connectivity index (χ0v) is 22.2. The van der Waals surface area contributed by atoms with Crippen LogP contribution in [0, 0.1) is 18.3 Å². The van der Waals surface area contributed by atoms with Crippen molar-refractivity contribution in [1.29, 1.82) is 0 Å². The highest BCUT2D eigenvalue weighted by Gasteiger charge is 2.68. The summed E-state index contributed by atoms with van der Waals surface area (Å²) in [6.45, 7) is 3.85. The third-order valence-electron chi connectivity index (χ3n) is 8.85. The maximum Gasteiger partial charge on any atom is 0.255 e. The molecule has 3 aliphatic carbocycles. The summed E-state index contributed by atoms with van der Waals surface area (Å²) < 4.78 is 0. The summed E-state index contributed by atoms with van der Waals surface area (Å²) in [4.78, 5) is 42.6. The summed E-state index contributed by atoms with van der Waals surface area (Å²) in [6, 6.07) is 28.4. The fourth-order valence-electron chi connectivity index (χ4n) is 7.05. The first kappa shape index (κ1) is 23.9. The molecule has 1 N–H and O–H groups in total. The van der Waals surface area contributed by atoms with Crippen molar-refractivity contribution in [3.8, 4) is 0 Å². The maximum absolute atomic E-state index is 14.2. The lowest BCUT2D eigenvalue weighted by Crippen LogP contribution is -2.49. The summed E-state index contributed by atoms with van der Waals surface area (Å²) in [6.07, 6.45) is 0. The highest BCUT2D eigenvalue weighted by molar-refractivity contribution is 6.31. The van der Waals surface area contributed by atoms with Crippen molar-refractivity contribution in [2.75, 3.05) is 10.2 Å². The van der Waals surface area contributed by atoms with Gasteiger partial charge in [-0.2, -0.15) is 0 Å². The molecule has 8 rings (SSSR count). The average Bonchev–Trinajstić information content (AvgIpc) is 3.16. The van der Waals surface area contributed by atoms with E-state index in [1.54, 1.807) is 36.4 Å². The fourth-order valence-corrected chi connectivity index (χ4v) is 7.22. The number of halogens is 1. The summed E-state index contributed by atoms with van der Waals surface area (Å²) in [5.74, 6) is -1.55. The summed E-state index contributed by atoms with van der Waals surface area (Å²) in [5.41, 5.74) is 6.05. The van der Waals surface area contributed by atoms with E-state index in [0.717, 1.165) is 27.8 Å². The van der Waals surface area contributed by atoms with Crippen molar-refractivity contribution < 1.29 is 14.4 Å². The van der Waals surface area contributed by atoms with Crippen LogP contribution in [-0.4, -0.2) is 17.7 Å². The Labute approximate surface area is 231 Å². The molecule has 4 aromatic carbocycles. The Bertz CT molecular complexity index is 1670. The standard InChI is InChI=1S/C33H25ClN2O3/c1-18-11-14-20(34)17-26(18)35-30(37)19-12-15-21(16-13-19)36-31(38)29-27-22-7-3-5-9-24(22)28(33(29,2)32(36)39)25-10-6-4-8-23(25)27/h3-17,27-29H,1-2H3,(H,35,37)/t27?,28?,29-,33+/m1/s1. The number of amides is 3. The number of rotatable bonds is 3. The van der Waals surface area contributed by atoms with E-state index < -0.39 is 11.3 Å². The van der Waals surface area contributed by atoms with Crippen LogP contribution in [0.3, 0.4) is 0 Å². The normalized spacial score (nSPS) is 24.3. The topological polar surface area (TPSA) is 66.5 Å². The van der Waals surface area contributed by atoms with E-state index in [2.05, 4.69) is 29.6 Å². The molecular formula is C33H25ClN2O3. The van der Waals surface area contributed by atoms with E-state index in [-0.39, 0.29) is 29.6 Å². The van der Waals surface area contributed by atoms with Gasteiger partial charge in [0.25, 0.3) is 5.91 Å². The van der Waals surface area contributed by atoms with Gasteiger partial charge in [0.15, 0.2) is 0 Å². The number of hydrogen-bond donors (Lipinski definition) is 1. The minimum absolute atomic E-state index is 0.181. The Morgan fingerprint density at radius 2 is 1.44 bits per heavy atom. The number of aryl methyl sites for hydroxylation is 1. The van der Waals surface area contributed by atoms with Crippen LogP contribution in [0.5, 0.6) is 0 Å². The first-order valence-corrected chi connectivity index (χ1v) is 13.4. The lowest BCUT2D eigenvalue weighted by molar-refractivity contribution is -0.128. The lowest BCUT2D eigenvalue weighted by Gasteiger charge is -2.51. The van der Waals surface area contributed by atoms with Crippen LogP contribution in [0.25, 0.3) is 0 Å². The van der Waals surface area contributed by atoms with Crippen LogP contribution in [0.1, 0.15) is 56.9 Å². The SMILES string of the molecule is Cc1ccc(Cl)cc1NC(=O)c1ccc(N2C(=O)[C@H]3C4c5ccccc5C(c5ccccc54)[C@]3(C)C2=O)cc1. The highest BCUT2D eigenvalue weighted by Crippen LogP contribution is 2.67. The second-order valence-electron chi connectivity index (χ2n) is 10.9. The molecule has 4 aromatic rings. The van der Waals surface area contributed by atoms with Gasteiger partial charge in [-0.05, 0) is 78.1 Å². The zero-order chi connectivity index (χ0) is 27.1. The van der Waals surface area contributed by atoms with Gasteiger partial charge in [0, 0.05) is 28.1 Å². The van der Waals surface area contributed by atoms with Gasteiger partial charge in [-0.15, -0.1) is 0 Å². The van der Waals surface area contributed by atoms with Crippen LogP contribution < -0.4 is 10.2 Å². The lowest BCUT2D eigenvalue weighted by atomic mass is 9.48. The Balaban J connectivity index is 1.24. The molecule has 1 heterocycles. The van der Waals surface area contributed by atoms with Crippen molar-refractivity contribution in [3.05, 3.63) is 129 Å². The second-order valence-corrected chi connectivity index (χ2v) is 11.3. The molecular weight excluding hydrogens is 508 g/mol. The summed E-state index contributed by atoms with van der Waals surface area (Å²) >= 11 is 6.09. The van der Waals surface area contributed by atoms with E-state index in [1.165, 1.54) is 4.90 Å². The summed E-state index contributed by atoms with van der Waals surface area (Å²) in [5, 5.41) is 3.42. The molecule has 0 radical (unpaired) electrons. The van der Waals surface area contributed by atoms with E-state index in [9.17, 15) is 14.4 Å². The largest absolute Gasteiger partial charge is 0.322 e. The molecule has 192 valence electrons. The Hall–Kier alpha value is -4.22. The monoisotopic (exact) mass is 532 g/mol. The quantitative estimate of drug-likeness (QED) is 0.299. The number of nitrogens with zero attached hydrogens (tertiary/aromatic N) is 1. The fraction of sp³-hybridized carbons (Fsp3) is 0.182. The molecule has 4 aliphatic rings. The van der Waals surface area contributed by atoms with Crippen molar-refractivity contribution in [3.63, 3.8) is 0 Å². The molecule has 0 saturated carbocycles. The molecule has 1 saturated heterocycles. The van der Waals surface area contributed by atoms with Gasteiger partial charge in [-0.1, -0.05) is 66.2 Å². The van der Waals surface area contributed by atoms with Gasteiger partial charge in [0.05, 0.1) is 17.0 Å². The Morgan fingerprint density at radius 3 is 2.05 bits per heavy atom. The number of benzene rings is 4. The van der Waals surface area contributed by atoms with Gasteiger partial charge in [0.1, 0.15) is 0 Å². The van der Waals surface area contributed by atoms with Crippen molar-refractivity contribution >= 4 is 40.7 Å². The second kappa shape index (κ2) is 8.39. The van der Waals surface area contributed by atoms with E-state index >= 15 is 0 Å². The third kappa shape index (κ3) is 3.23. The molecule has 6 heteroatoms. The van der Waals surface area contributed by atoms with E-state index in [0.29, 0.717) is 22.0 Å². The molecule has 2 atom stereocenters. The molecule has 0 unspecified atom stereocenters. The first-order chi connectivity index (χ1) is 18.8. The molecule has 2 bridgehead atoms. The van der Waals surface area contributed by atoms with E-state index in [4.69, 9.17) is 11.6 Å². The number of imide groups is 1. The molecule has 1 aliphatic heterocycles. The van der Waals surface area contributed by atoms with Gasteiger partial charge in [-0.25, -0.2) is 4.90 Å². The van der Waals surface area contributed by atoms with E-state index in [1.807, 2.05) is 44.2 Å². The van der Waals surface area contributed by atoms with Crippen LogP contribution in [0.2, 0.25) is 5.02 Å². The third-order valence-corrected chi connectivity index (χ3v) is 9.08. The number of hydrogen-bond acceptors (Lipinski definition) is 3. The average molecular weight is 533 g/mol. The maximum atomic E-state index is 14.2. The van der Waals surface area contributed by atoms with Gasteiger partial charge in [0.2, 0.25) is 11.8 Å². The van der Waals surface area contributed by atoms with Crippen LogP contribution in [-0.2, 0) is 9.59 Å². The number of carbonyl (C=O) groups is 3.